The van der Waals surface area contributed by atoms with Crippen molar-refractivity contribution in [1.29, 1.82) is 0 Å². The van der Waals surface area contributed by atoms with Crippen LogP contribution in [0.25, 0.3) is 0 Å². The van der Waals surface area contributed by atoms with E-state index in [1.807, 2.05) is 0 Å². The van der Waals surface area contributed by atoms with Gasteiger partial charge in [0.1, 0.15) is 6.61 Å². The van der Waals surface area contributed by atoms with Gasteiger partial charge in [0.2, 0.25) is 0 Å². The van der Waals surface area contributed by atoms with Gasteiger partial charge in [0, 0.05) is 28.0 Å². The van der Waals surface area contributed by atoms with E-state index >= 15 is 0 Å². The van der Waals surface area contributed by atoms with Crippen molar-refractivity contribution in [3.05, 3.63) is 12.2 Å². The van der Waals surface area contributed by atoms with Crippen LogP contribution in [0.5, 0.6) is 0 Å². The minimum absolute atomic E-state index is 0. The molecule has 87 valence electrons. The monoisotopic (exact) mass is 315 g/mol. The molecular weight excluding hydrogens is 307 g/mol. The number of carbonyl (C=O) groups excluding carboxylic acids is 1. The SMILES string of the molecule is C=C(C)C(=O)OCCOP(=O)([O-])[O-].[Ag]. The molecular formula is C6H9AgO6P-2. The van der Waals surface area contributed by atoms with Crippen LogP contribution in [-0.2, 0) is 41.0 Å². The van der Waals surface area contributed by atoms with E-state index in [1.165, 1.54) is 6.92 Å². The number of hydrogen-bond acceptors (Lipinski definition) is 6. The maximum atomic E-state index is 10.7. The second-order valence-electron chi connectivity index (χ2n) is 2.20. The predicted molar refractivity (Wildman–Crippen MR) is 39.3 cm³/mol. The molecule has 1 radical (unpaired) electrons. The van der Waals surface area contributed by atoms with E-state index in [2.05, 4.69) is 15.8 Å². The minimum Gasteiger partial charge on any atom is -0.790 e. The number of phosphoric acid groups is 1. The summed E-state index contributed by atoms with van der Waals surface area (Å²) in [7, 11) is -4.96. The molecule has 0 heterocycles. The number of rotatable bonds is 5. The first-order valence-corrected chi connectivity index (χ1v) is 4.78. The Morgan fingerprint density at radius 2 is 1.93 bits per heavy atom. The first-order valence-electron chi connectivity index (χ1n) is 3.32. The predicted octanol–water partition coefficient (Wildman–Crippen LogP) is -1.05. The van der Waals surface area contributed by atoms with E-state index in [-0.39, 0.29) is 34.6 Å². The molecule has 0 unspecified atom stereocenters. The second kappa shape index (κ2) is 7.36. The first kappa shape index (κ1) is 16.5. The summed E-state index contributed by atoms with van der Waals surface area (Å²) < 4.78 is 18.1. The molecule has 0 aromatic rings. The molecule has 0 atom stereocenters. The maximum Gasteiger partial charge on any atom is 0.333 e. The molecule has 0 aromatic carbocycles. The molecule has 0 bridgehead atoms. The van der Waals surface area contributed by atoms with Gasteiger partial charge in [0.05, 0.1) is 14.4 Å². The number of esters is 1. The Kier molecular flexibility index (Phi) is 8.67. The minimum atomic E-state index is -4.96. The number of ether oxygens (including phenoxy) is 1. The van der Waals surface area contributed by atoms with Gasteiger partial charge < -0.3 is 23.6 Å². The second-order valence-corrected chi connectivity index (χ2v) is 3.35. The van der Waals surface area contributed by atoms with Gasteiger partial charge in [-0.3, -0.25) is 0 Å². The number of hydrogen-bond donors (Lipinski definition) is 0. The van der Waals surface area contributed by atoms with E-state index < -0.39 is 20.4 Å². The van der Waals surface area contributed by atoms with Gasteiger partial charge >= 0.3 is 5.97 Å². The normalized spacial score (nSPS) is 10.2. The van der Waals surface area contributed by atoms with Crippen molar-refractivity contribution in [2.24, 2.45) is 0 Å². The van der Waals surface area contributed by atoms with Gasteiger partial charge in [-0.15, -0.1) is 0 Å². The van der Waals surface area contributed by atoms with Crippen molar-refractivity contribution in [2.45, 2.75) is 6.92 Å². The van der Waals surface area contributed by atoms with Crippen LogP contribution in [0.4, 0.5) is 0 Å². The average molecular weight is 316 g/mol. The molecule has 0 aliphatic heterocycles. The van der Waals surface area contributed by atoms with Gasteiger partial charge in [0.15, 0.2) is 0 Å². The third-order valence-corrected chi connectivity index (χ3v) is 1.41. The molecule has 0 aliphatic rings. The molecule has 8 heteroatoms. The van der Waals surface area contributed by atoms with Gasteiger partial charge in [-0.1, -0.05) is 6.58 Å². The van der Waals surface area contributed by atoms with Gasteiger partial charge in [0.25, 0.3) is 0 Å². The fraction of sp³-hybridized carbons (Fsp3) is 0.500. The van der Waals surface area contributed by atoms with Crippen molar-refractivity contribution in [3.63, 3.8) is 0 Å². The third kappa shape index (κ3) is 10.1. The van der Waals surface area contributed by atoms with E-state index in [0.29, 0.717) is 0 Å². The fourth-order valence-corrected chi connectivity index (χ4v) is 0.705. The summed E-state index contributed by atoms with van der Waals surface area (Å²) in [5, 5.41) is 0. The standard InChI is InChI=1S/C6H11O6P.Ag/c1-5(2)6(7)11-3-4-12-13(8,9)10;/h1,3-4H2,2H3,(H2,8,9,10);/p-2. The van der Waals surface area contributed by atoms with Crippen molar-refractivity contribution >= 4 is 13.8 Å². The molecule has 0 rings (SSSR count). The zero-order chi connectivity index (χ0) is 10.5. The molecule has 0 aromatic heterocycles. The Balaban J connectivity index is 0. The zero-order valence-corrected chi connectivity index (χ0v) is 9.70. The van der Waals surface area contributed by atoms with Crippen LogP contribution in [0.1, 0.15) is 6.92 Å². The largest absolute Gasteiger partial charge is 0.790 e. The molecule has 6 nitrogen and oxygen atoms in total. The maximum absolute atomic E-state index is 10.7. The molecule has 0 saturated carbocycles. The van der Waals surface area contributed by atoms with Crippen LogP contribution >= 0.6 is 7.82 Å². The molecule has 0 saturated heterocycles. The van der Waals surface area contributed by atoms with Crippen LogP contribution in [0, 0.1) is 0 Å². The average Bonchev–Trinajstić information content (AvgIpc) is 1.95. The van der Waals surface area contributed by atoms with Gasteiger partial charge in [-0.05, 0) is 6.92 Å². The smallest absolute Gasteiger partial charge is 0.333 e. The molecule has 0 spiro atoms. The molecule has 14 heavy (non-hydrogen) atoms. The summed E-state index contributed by atoms with van der Waals surface area (Å²) >= 11 is 0. The summed E-state index contributed by atoms with van der Waals surface area (Å²) in [6, 6.07) is 0. The van der Waals surface area contributed by atoms with Crippen LogP contribution in [0.3, 0.4) is 0 Å². The zero-order valence-electron chi connectivity index (χ0n) is 7.32. The summed E-state index contributed by atoms with van der Waals surface area (Å²) in [6.07, 6.45) is 0. The molecule has 0 N–H and O–H groups in total. The fourth-order valence-electron chi connectivity index (χ4n) is 0.407. The van der Waals surface area contributed by atoms with Crippen molar-refractivity contribution < 1.29 is 50.8 Å². The van der Waals surface area contributed by atoms with Gasteiger partial charge in [-0.25, -0.2) is 4.79 Å². The van der Waals surface area contributed by atoms with E-state index in [1.54, 1.807) is 0 Å². The van der Waals surface area contributed by atoms with Crippen LogP contribution in [-0.4, -0.2) is 19.2 Å². The summed E-state index contributed by atoms with van der Waals surface area (Å²) in [5.41, 5.74) is 0.187. The summed E-state index contributed by atoms with van der Waals surface area (Å²) in [4.78, 5) is 30.5. The number of phosphoric ester groups is 1. The Morgan fingerprint density at radius 3 is 2.29 bits per heavy atom. The summed E-state index contributed by atoms with van der Waals surface area (Å²) in [6.45, 7) is 3.97. The van der Waals surface area contributed by atoms with E-state index in [0.717, 1.165) is 0 Å². The van der Waals surface area contributed by atoms with Crippen LogP contribution in [0.2, 0.25) is 0 Å². The Morgan fingerprint density at radius 1 is 1.43 bits per heavy atom. The van der Waals surface area contributed by atoms with Crippen LogP contribution < -0.4 is 9.79 Å². The summed E-state index contributed by atoms with van der Waals surface area (Å²) in [5.74, 6) is -0.657. The third-order valence-electron chi connectivity index (χ3n) is 0.914. The first-order chi connectivity index (χ1) is 5.83. The molecule has 0 amide bonds. The van der Waals surface area contributed by atoms with Crippen molar-refractivity contribution in [1.82, 2.24) is 0 Å². The topological polar surface area (TPSA) is 98.7 Å². The van der Waals surface area contributed by atoms with E-state index in [9.17, 15) is 19.1 Å². The molecule has 0 fully saturated rings. The van der Waals surface area contributed by atoms with Crippen LogP contribution in [0.15, 0.2) is 12.2 Å². The van der Waals surface area contributed by atoms with E-state index in [4.69, 9.17) is 0 Å². The quantitative estimate of drug-likeness (QED) is 0.211. The Labute approximate surface area is 97.0 Å². The Hall–Kier alpha value is 0.0603. The van der Waals surface area contributed by atoms with Gasteiger partial charge in [-0.2, -0.15) is 0 Å². The van der Waals surface area contributed by atoms with Crippen molar-refractivity contribution in [3.8, 4) is 0 Å². The molecule has 0 aliphatic carbocycles. The number of carbonyl (C=O) groups is 1. The van der Waals surface area contributed by atoms with Crippen molar-refractivity contribution in [2.75, 3.05) is 13.2 Å². The Bertz CT molecular complexity index is 247.